The Morgan fingerprint density at radius 1 is 1.36 bits per heavy atom. The Labute approximate surface area is 84.8 Å². The number of carbonyl (C=O) groups is 4. The van der Waals surface area contributed by atoms with E-state index in [-0.39, 0.29) is 42.1 Å². The maximum absolute atomic E-state index is 11.1. The Hall–Kier alpha value is -1.17. The Bertz CT molecular complexity index is 273. The summed E-state index contributed by atoms with van der Waals surface area (Å²) in [7, 11) is 0. The number of amides is 2. The highest BCUT2D eigenvalue weighted by molar-refractivity contribution is 8.14. The molecule has 0 N–H and O–H groups in total. The largest absolute Gasteiger partial charge is 0.302 e. The summed E-state index contributed by atoms with van der Waals surface area (Å²) in [6.07, 6.45) is 0.977. The van der Waals surface area contributed by atoms with Crippen LogP contribution in [0, 0.1) is 0 Å². The van der Waals surface area contributed by atoms with Gasteiger partial charge in [0.25, 0.3) is 0 Å². The summed E-state index contributed by atoms with van der Waals surface area (Å²) in [5.41, 5.74) is 0. The quantitative estimate of drug-likeness (QED) is 0.471. The number of nitrogens with zero attached hydrogens (tertiary/aromatic N) is 1. The van der Waals surface area contributed by atoms with Gasteiger partial charge in [0.05, 0.1) is 12.3 Å². The third-order valence-corrected chi connectivity index (χ3v) is 2.51. The lowest BCUT2D eigenvalue weighted by molar-refractivity contribution is -0.140. The zero-order chi connectivity index (χ0) is 10.6. The molecule has 0 radical (unpaired) electrons. The van der Waals surface area contributed by atoms with Gasteiger partial charge in [-0.25, -0.2) is 0 Å². The van der Waals surface area contributed by atoms with Crippen molar-refractivity contribution < 1.29 is 19.2 Å². The second-order valence-corrected chi connectivity index (χ2v) is 3.80. The van der Waals surface area contributed by atoms with Crippen molar-refractivity contribution in [3.63, 3.8) is 0 Å². The molecule has 2 amide bonds. The van der Waals surface area contributed by atoms with E-state index >= 15 is 0 Å². The molecule has 0 aromatic carbocycles. The Kier molecular flexibility index (Phi) is 3.82. The number of aldehydes is 1. The predicted molar refractivity (Wildman–Crippen MR) is 49.5 cm³/mol. The SMILES string of the molecule is O=CCSC(=O)CN1C(=O)CCC1=O. The van der Waals surface area contributed by atoms with Gasteiger partial charge in [-0.1, -0.05) is 11.8 Å². The van der Waals surface area contributed by atoms with Crippen LogP contribution < -0.4 is 0 Å². The van der Waals surface area contributed by atoms with Gasteiger partial charge in [-0.2, -0.15) is 0 Å². The van der Waals surface area contributed by atoms with Crippen molar-refractivity contribution in [3.8, 4) is 0 Å². The van der Waals surface area contributed by atoms with Crippen LogP contribution in [0.3, 0.4) is 0 Å². The standard InChI is InChI=1S/C8H9NO4S/c10-3-4-14-8(13)5-9-6(11)1-2-7(9)12/h3H,1-2,4-5H2. The molecule has 14 heavy (non-hydrogen) atoms. The molecule has 0 saturated carbocycles. The summed E-state index contributed by atoms with van der Waals surface area (Å²) in [5, 5.41) is -0.333. The lowest BCUT2D eigenvalue weighted by atomic mass is 10.4. The summed E-state index contributed by atoms with van der Waals surface area (Å²) in [6.45, 7) is -0.212. The first-order valence-electron chi connectivity index (χ1n) is 4.07. The van der Waals surface area contributed by atoms with Crippen molar-refractivity contribution in [2.45, 2.75) is 12.8 Å². The van der Waals surface area contributed by atoms with Gasteiger partial charge in [-0.3, -0.25) is 19.3 Å². The maximum atomic E-state index is 11.1. The smallest absolute Gasteiger partial charge is 0.230 e. The molecule has 0 atom stereocenters. The van der Waals surface area contributed by atoms with E-state index in [4.69, 9.17) is 0 Å². The maximum Gasteiger partial charge on any atom is 0.230 e. The number of thioether (sulfide) groups is 1. The van der Waals surface area contributed by atoms with Crippen molar-refractivity contribution >= 4 is 35.0 Å². The van der Waals surface area contributed by atoms with Gasteiger partial charge < -0.3 is 4.79 Å². The minimum Gasteiger partial charge on any atom is -0.302 e. The van der Waals surface area contributed by atoms with Crippen LogP contribution in [0.1, 0.15) is 12.8 Å². The van der Waals surface area contributed by atoms with E-state index in [2.05, 4.69) is 0 Å². The van der Waals surface area contributed by atoms with Crippen LogP contribution in [-0.2, 0) is 19.2 Å². The molecule has 1 saturated heterocycles. The summed E-state index contributed by atoms with van der Waals surface area (Å²) in [6, 6.07) is 0. The summed E-state index contributed by atoms with van der Waals surface area (Å²) >= 11 is 0.814. The Balaban J connectivity index is 2.42. The van der Waals surface area contributed by atoms with E-state index in [1.54, 1.807) is 0 Å². The number of carbonyl (C=O) groups excluding carboxylic acids is 4. The molecule has 0 unspecified atom stereocenters. The fourth-order valence-electron chi connectivity index (χ4n) is 1.10. The lowest BCUT2D eigenvalue weighted by Gasteiger charge is -2.11. The second-order valence-electron chi connectivity index (χ2n) is 2.72. The van der Waals surface area contributed by atoms with E-state index < -0.39 is 0 Å². The monoisotopic (exact) mass is 215 g/mol. The van der Waals surface area contributed by atoms with Crippen LogP contribution in [0.15, 0.2) is 0 Å². The average molecular weight is 215 g/mol. The van der Waals surface area contributed by atoms with Crippen molar-refractivity contribution in [2.75, 3.05) is 12.3 Å². The number of hydrogen-bond acceptors (Lipinski definition) is 5. The zero-order valence-electron chi connectivity index (χ0n) is 7.39. The molecule has 76 valence electrons. The van der Waals surface area contributed by atoms with E-state index in [1.165, 1.54) is 0 Å². The Morgan fingerprint density at radius 3 is 2.43 bits per heavy atom. The lowest BCUT2D eigenvalue weighted by Crippen LogP contribution is -2.33. The highest BCUT2D eigenvalue weighted by Gasteiger charge is 2.30. The third kappa shape index (κ3) is 2.66. The van der Waals surface area contributed by atoms with Crippen molar-refractivity contribution in [1.29, 1.82) is 0 Å². The molecule has 0 spiro atoms. The molecule has 0 bridgehead atoms. The number of hydrogen-bond donors (Lipinski definition) is 0. The molecule has 1 fully saturated rings. The summed E-state index contributed by atoms with van der Waals surface area (Å²) in [5.74, 6) is -0.556. The molecule has 1 aliphatic rings. The number of likely N-dealkylation sites (tertiary alicyclic amines) is 1. The van der Waals surface area contributed by atoms with Crippen LogP contribution >= 0.6 is 11.8 Å². The van der Waals surface area contributed by atoms with Gasteiger partial charge in [0.1, 0.15) is 6.29 Å². The first kappa shape index (κ1) is 10.9. The van der Waals surface area contributed by atoms with Gasteiger partial charge in [-0.15, -0.1) is 0 Å². The second kappa shape index (κ2) is 4.90. The molecular weight excluding hydrogens is 206 g/mol. The minimum atomic E-state index is -0.333. The van der Waals surface area contributed by atoms with Crippen molar-refractivity contribution in [3.05, 3.63) is 0 Å². The number of imide groups is 1. The van der Waals surface area contributed by atoms with Gasteiger partial charge in [0.2, 0.25) is 16.9 Å². The van der Waals surface area contributed by atoms with Gasteiger partial charge >= 0.3 is 0 Å². The minimum absolute atomic E-state index is 0.0645. The van der Waals surface area contributed by atoms with Crippen LogP contribution in [0.5, 0.6) is 0 Å². The summed E-state index contributed by atoms with van der Waals surface area (Å²) in [4.78, 5) is 44.1. The van der Waals surface area contributed by atoms with E-state index in [1.807, 2.05) is 0 Å². The molecule has 1 aliphatic heterocycles. The number of rotatable bonds is 4. The van der Waals surface area contributed by atoms with Crippen LogP contribution in [0.25, 0.3) is 0 Å². The normalized spacial score (nSPS) is 16.1. The molecular formula is C8H9NO4S. The zero-order valence-corrected chi connectivity index (χ0v) is 8.21. The predicted octanol–water partition coefficient (Wildman–Crippen LogP) is -0.406. The molecule has 1 heterocycles. The summed E-state index contributed by atoms with van der Waals surface area (Å²) < 4.78 is 0. The highest BCUT2D eigenvalue weighted by atomic mass is 32.2. The fraction of sp³-hybridized carbons (Fsp3) is 0.500. The molecule has 0 aromatic heterocycles. The average Bonchev–Trinajstić information content (AvgIpc) is 2.46. The van der Waals surface area contributed by atoms with Crippen LogP contribution in [0.4, 0.5) is 0 Å². The fourth-order valence-corrected chi connectivity index (χ4v) is 1.58. The first-order chi connectivity index (χ1) is 6.65. The van der Waals surface area contributed by atoms with E-state index in [0.29, 0.717) is 6.29 Å². The molecule has 6 heteroatoms. The molecule has 0 aromatic rings. The van der Waals surface area contributed by atoms with E-state index in [0.717, 1.165) is 16.7 Å². The van der Waals surface area contributed by atoms with Crippen LogP contribution in [0.2, 0.25) is 0 Å². The molecule has 5 nitrogen and oxygen atoms in total. The van der Waals surface area contributed by atoms with Gasteiger partial charge in [-0.05, 0) is 0 Å². The molecule has 1 rings (SSSR count). The van der Waals surface area contributed by atoms with Crippen molar-refractivity contribution in [2.24, 2.45) is 0 Å². The van der Waals surface area contributed by atoms with E-state index in [9.17, 15) is 19.2 Å². The van der Waals surface area contributed by atoms with Crippen molar-refractivity contribution in [1.82, 2.24) is 4.90 Å². The topological polar surface area (TPSA) is 71.5 Å². The first-order valence-corrected chi connectivity index (χ1v) is 5.06. The highest BCUT2D eigenvalue weighted by Crippen LogP contribution is 2.13. The Morgan fingerprint density at radius 2 is 1.93 bits per heavy atom. The van der Waals surface area contributed by atoms with Crippen LogP contribution in [-0.4, -0.2) is 40.4 Å². The third-order valence-electron chi connectivity index (χ3n) is 1.75. The molecule has 0 aliphatic carbocycles. The van der Waals surface area contributed by atoms with Gasteiger partial charge in [0, 0.05) is 12.8 Å². The van der Waals surface area contributed by atoms with Gasteiger partial charge in [0.15, 0.2) is 0 Å².